The Bertz CT molecular complexity index is 756. The Hall–Kier alpha value is -2.14. The summed E-state index contributed by atoms with van der Waals surface area (Å²) in [6, 6.07) is 11.6. The van der Waals surface area contributed by atoms with Crippen LogP contribution in [0.2, 0.25) is 0 Å². The van der Waals surface area contributed by atoms with Crippen molar-refractivity contribution in [1.82, 2.24) is 20.4 Å². The minimum atomic E-state index is 0.116. The fourth-order valence-corrected chi connectivity index (χ4v) is 4.37. The van der Waals surface area contributed by atoms with E-state index in [1.165, 1.54) is 12.8 Å². The second-order valence-corrected chi connectivity index (χ2v) is 7.45. The van der Waals surface area contributed by atoms with Crippen LogP contribution in [0.25, 0.3) is 5.69 Å². The van der Waals surface area contributed by atoms with Crippen LogP contribution in [0.3, 0.4) is 0 Å². The number of rotatable bonds is 4. The van der Waals surface area contributed by atoms with Crippen molar-refractivity contribution in [3.05, 3.63) is 47.3 Å². The zero-order chi connectivity index (χ0) is 17.4. The summed E-state index contributed by atoms with van der Waals surface area (Å²) in [6.07, 6.45) is 5.02. The number of hydrogen-bond donors (Lipinski definition) is 2. The van der Waals surface area contributed by atoms with Crippen LogP contribution in [-0.4, -0.2) is 33.8 Å². The summed E-state index contributed by atoms with van der Waals surface area (Å²) in [7, 11) is 0. The number of carbonyl (C=O) groups excluding carboxylic acids is 1. The lowest BCUT2D eigenvalue weighted by molar-refractivity contribution is -0.121. The first-order valence-electron chi connectivity index (χ1n) is 9.26. The first-order valence-corrected chi connectivity index (χ1v) is 9.26. The first-order chi connectivity index (χ1) is 12.1. The Kier molecular flexibility index (Phi) is 4.34. The van der Waals surface area contributed by atoms with Gasteiger partial charge >= 0.3 is 0 Å². The molecule has 2 aromatic rings. The SMILES string of the molecule is Cc1nn(-c2ccccc2)c(C)c1CC(=O)NC1CC2CCC(C1)N2. The summed E-state index contributed by atoms with van der Waals surface area (Å²) < 4.78 is 1.93. The van der Waals surface area contributed by atoms with Crippen molar-refractivity contribution in [3.8, 4) is 5.69 Å². The molecule has 4 rings (SSSR count). The van der Waals surface area contributed by atoms with Gasteiger partial charge in [-0.3, -0.25) is 4.79 Å². The van der Waals surface area contributed by atoms with Gasteiger partial charge in [0.25, 0.3) is 0 Å². The Morgan fingerprint density at radius 2 is 1.88 bits per heavy atom. The summed E-state index contributed by atoms with van der Waals surface area (Å²) in [6.45, 7) is 4.03. The first kappa shape index (κ1) is 16.3. The number of aryl methyl sites for hydroxylation is 1. The summed E-state index contributed by atoms with van der Waals surface area (Å²) in [4.78, 5) is 12.6. The van der Waals surface area contributed by atoms with Gasteiger partial charge in [-0.2, -0.15) is 5.10 Å². The summed E-state index contributed by atoms with van der Waals surface area (Å²) >= 11 is 0. The highest BCUT2D eigenvalue weighted by Crippen LogP contribution is 2.27. The zero-order valence-electron chi connectivity index (χ0n) is 15.0. The average molecular weight is 338 g/mol. The molecule has 2 aliphatic rings. The molecular formula is C20H26N4O. The van der Waals surface area contributed by atoms with Gasteiger partial charge in [0.05, 0.1) is 17.8 Å². The number of benzene rings is 1. The van der Waals surface area contributed by atoms with E-state index in [0.717, 1.165) is 35.5 Å². The number of aromatic nitrogens is 2. The van der Waals surface area contributed by atoms with Gasteiger partial charge in [-0.05, 0) is 51.7 Å². The van der Waals surface area contributed by atoms with Crippen molar-refractivity contribution in [3.63, 3.8) is 0 Å². The minimum absolute atomic E-state index is 0.116. The lowest BCUT2D eigenvalue weighted by Gasteiger charge is -2.29. The molecule has 0 radical (unpaired) electrons. The van der Waals surface area contributed by atoms with Crippen LogP contribution in [0, 0.1) is 13.8 Å². The van der Waals surface area contributed by atoms with E-state index in [1.807, 2.05) is 48.9 Å². The maximum Gasteiger partial charge on any atom is 0.224 e. The molecule has 2 atom stereocenters. The number of nitrogens with zero attached hydrogens (tertiary/aromatic N) is 2. The number of para-hydroxylation sites is 1. The monoisotopic (exact) mass is 338 g/mol. The highest BCUT2D eigenvalue weighted by molar-refractivity contribution is 5.79. The van der Waals surface area contributed by atoms with E-state index >= 15 is 0 Å². The van der Waals surface area contributed by atoms with Crippen molar-refractivity contribution < 1.29 is 4.79 Å². The van der Waals surface area contributed by atoms with E-state index in [1.54, 1.807) is 0 Å². The van der Waals surface area contributed by atoms with Gasteiger partial charge < -0.3 is 10.6 Å². The van der Waals surface area contributed by atoms with Crippen LogP contribution in [0.4, 0.5) is 0 Å². The van der Waals surface area contributed by atoms with Crippen LogP contribution >= 0.6 is 0 Å². The van der Waals surface area contributed by atoms with E-state index in [9.17, 15) is 4.79 Å². The number of hydrogen-bond acceptors (Lipinski definition) is 3. The second-order valence-electron chi connectivity index (χ2n) is 7.45. The van der Waals surface area contributed by atoms with Crippen LogP contribution in [-0.2, 0) is 11.2 Å². The van der Waals surface area contributed by atoms with Crippen LogP contribution in [0.1, 0.15) is 42.6 Å². The fraction of sp³-hybridized carbons (Fsp3) is 0.500. The smallest absolute Gasteiger partial charge is 0.224 e. The average Bonchev–Trinajstić information content (AvgIpc) is 3.09. The lowest BCUT2D eigenvalue weighted by atomic mass is 9.99. The predicted molar refractivity (Wildman–Crippen MR) is 97.9 cm³/mol. The molecule has 1 amide bonds. The number of carbonyl (C=O) groups is 1. The third-order valence-corrected chi connectivity index (χ3v) is 5.62. The summed E-state index contributed by atoms with van der Waals surface area (Å²) in [5, 5.41) is 11.5. The van der Waals surface area contributed by atoms with E-state index in [2.05, 4.69) is 15.7 Å². The molecule has 2 fully saturated rings. The Labute approximate surface area is 148 Å². The molecule has 3 heterocycles. The molecule has 2 saturated heterocycles. The number of nitrogens with one attached hydrogen (secondary N) is 2. The quantitative estimate of drug-likeness (QED) is 0.900. The standard InChI is InChI=1S/C20H26N4O/c1-13-19(14(2)24(23-13)18-6-4-3-5-7-18)12-20(25)22-17-10-15-8-9-16(11-17)21-15/h3-7,15-17,21H,8-12H2,1-2H3,(H,22,25). The molecule has 2 unspecified atom stereocenters. The molecule has 0 spiro atoms. The molecule has 1 aromatic carbocycles. The van der Waals surface area contributed by atoms with Crippen molar-refractivity contribution >= 4 is 5.91 Å². The van der Waals surface area contributed by atoms with Crippen molar-refractivity contribution in [2.24, 2.45) is 0 Å². The van der Waals surface area contributed by atoms with Crippen LogP contribution < -0.4 is 10.6 Å². The van der Waals surface area contributed by atoms with E-state index < -0.39 is 0 Å². The molecule has 5 nitrogen and oxygen atoms in total. The van der Waals surface area contributed by atoms with Gasteiger partial charge in [0.1, 0.15) is 0 Å². The van der Waals surface area contributed by atoms with Gasteiger partial charge in [-0.1, -0.05) is 18.2 Å². The molecular weight excluding hydrogens is 312 g/mol. The fourth-order valence-electron chi connectivity index (χ4n) is 4.37. The second kappa shape index (κ2) is 6.64. The lowest BCUT2D eigenvalue weighted by Crippen LogP contribution is -2.48. The summed E-state index contributed by atoms with van der Waals surface area (Å²) in [5.74, 6) is 0.116. The molecule has 2 N–H and O–H groups in total. The maximum atomic E-state index is 12.6. The third-order valence-electron chi connectivity index (χ3n) is 5.62. The van der Waals surface area contributed by atoms with E-state index in [0.29, 0.717) is 24.5 Å². The zero-order valence-corrected chi connectivity index (χ0v) is 15.0. The third kappa shape index (κ3) is 3.33. The molecule has 132 valence electrons. The molecule has 2 aliphatic heterocycles. The normalized spacial score (nSPS) is 25.1. The van der Waals surface area contributed by atoms with Crippen molar-refractivity contribution in [2.45, 2.75) is 64.1 Å². The van der Waals surface area contributed by atoms with Gasteiger partial charge in [-0.25, -0.2) is 4.68 Å². The largest absolute Gasteiger partial charge is 0.353 e. The summed E-state index contributed by atoms with van der Waals surface area (Å²) in [5.41, 5.74) is 4.05. The van der Waals surface area contributed by atoms with Gasteiger partial charge in [0.2, 0.25) is 5.91 Å². The predicted octanol–water partition coefficient (Wildman–Crippen LogP) is 2.43. The van der Waals surface area contributed by atoms with E-state index in [-0.39, 0.29) is 5.91 Å². The molecule has 2 bridgehead atoms. The molecule has 0 aliphatic carbocycles. The highest BCUT2D eigenvalue weighted by atomic mass is 16.1. The van der Waals surface area contributed by atoms with Crippen molar-refractivity contribution in [2.75, 3.05) is 0 Å². The topological polar surface area (TPSA) is 59.0 Å². The van der Waals surface area contributed by atoms with Crippen LogP contribution in [0.5, 0.6) is 0 Å². The Morgan fingerprint density at radius 1 is 1.20 bits per heavy atom. The molecule has 5 heteroatoms. The highest BCUT2D eigenvalue weighted by Gasteiger charge is 2.34. The van der Waals surface area contributed by atoms with Crippen LogP contribution in [0.15, 0.2) is 30.3 Å². The Morgan fingerprint density at radius 3 is 2.56 bits per heavy atom. The number of amides is 1. The molecule has 0 saturated carbocycles. The van der Waals surface area contributed by atoms with Gasteiger partial charge in [0, 0.05) is 29.4 Å². The molecule has 25 heavy (non-hydrogen) atoms. The maximum absolute atomic E-state index is 12.6. The van der Waals surface area contributed by atoms with Gasteiger partial charge in [0.15, 0.2) is 0 Å². The Balaban J connectivity index is 1.45. The van der Waals surface area contributed by atoms with E-state index in [4.69, 9.17) is 0 Å². The van der Waals surface area contributed by atoms with Crippen molar-refractivity contribution in [1.29, 1.82) is 0 Å². The number of piperidine rings is 1. The minimum Gasteiger partial charge on any atom is -0.353 e. The van der Waals surface area contributed by atoms with Gasteiger partial charge in [-0.15, -0.1) is 0 Å². The molecule has 1 aromatic heterocycles. The number of fused-ring (bicyclic) bond motifs is 2.